The molecule has 0 unspecified atom stereocenters. The molecule has 6 nitrogen and oxygen atoms in total. The molecule has 0 aliphatic rings. The minimum absolute atomic E-state index is 0.146. The van der Waals surface area contributed by atoms with Gasteiger partial charge in [-0.15, -0.1) is 0 Å². The molecule has 1 atom stereocenters. The van der Waals surface area contributed by atoms with Crippen LogP contribution in [0.5, 0.6) is 0 Å². The molecule has 0 aromatic heterocycles. The van der Waals surface area contributed by atoms with Crippen molar-refractivity contribution in [2.24, 2.45) is 5.92 Å². The number of rotatable bonds is 7. The molecule has 0 aliphatic carbocycles. The first-order valence-corrected chi connectivity index (χ1v) is 8.65. The number of carboxylic acids is 1. The molecule has 146 valence electrons. The number of hydrogen-bond donors (Lipinski definition) is 3. The minimum Gasteiger partial charge on any atom is -0.480 e. The van der Waals surface area contributed by atoms with Crippen LogP contribution < -0.4 is 10.6 Å². The third kappa shape index (κ3) is 5.77. The first-order valence-electron chi connectivity index (χ1n) is 8.65. The standard InChI is InChI=1S/C21H21FN2O4/c1-13(2)18(21(27)28)24-20(26)17(12-14-8-10-16(22)11-9-14)23-19(25)15-6-4-3-5-7-15/h3-13,18H,1-2H3,(H,23,25)(H,24,26)(H,27,28)/b17-12-/t18-/m1/s1. The molecule has 0 spiro atoms. The van der Waals surface area contributed by atoms with E-state index in [2.05, 4.69) is 10.6 Å². The molecular weight excluding hydrogens is 363 g/mol. The number of carbonyl (C=O) groups excluding carboxylic acids is 2. The van der Waals surface area contributed by atoms with E-state index < -0.39 is 29.6 Å². The zero-order chi connectivity index (χ0) is 20.7. The van der Waals surface area contributed by atoms with Crippen molar-refractivity contribution in [1.29, 1.82) is 0 Å². The van der Waals surface area contributed by atoms with Gasteiger partial charge in [-0.05, 0) is 41.8 Å². The summed E-state index contributed by atoms with van der Waals surface area (Å²) in [6.07, 6.45) is 1.36. The lowest BCUT2D eigenvalue weighted by atomic mass is 10.0. The Hall–Kier alpha value is -3.48. The van der Waals surface area contributed by atoms with Crippen molar-refractivity contribution in [3.8, 4) is 0 Å². The maximum atomic E-state index is 13.1. The third-order valence-corrected chi connectivity index (χ3v) is 3.93. The molecule has 2 aromatic carbocycles. The van der Waals surface area contributed by atoms with Crippen molar-refractivity contribution in [1.82, 2.24) is 10.6 Å². The summed E-state index contributed by atoms with van der Waals surface area (Å²) in [6, 6.07) is 12.5. The van der Waals surface area contributed by atoms with Gasteiger partial charge in [-0.25, -0.2) is 9.18 Å². The van der Waals surface area contributed by atoms with E-state index in [9.17, 15) is 23.9 Å². The van der Waals surface area contributed by atoms with Crippen molar-refractivity contribution >= 4 is 23.9 Å². The fourth-order valence-electron chi connectivity index (χ4n) is 2.40. The smallest absolute Gasteiger partial charge is 0.326 e. The molecule has 0 heterocycles. The van der Waals surface area contributed by atoms with Crippen LogP contribution in [0.4, 0.5) is 4.39 Å². The molecule has 2 amide bonds. The van der Waals surface area contributed by atoms with Crippen LogP contribution in [-0.4, -0.2) is 28.9 Å². The van der Waals surface area contributed by atoms with Gasteiger partial charge in [-0.2, -0.15) is 0 Å². The van der Waals surface area contributed by atoms with Crippen LogP contribution in [0.3, 0.4) is 0 Å². The van der Waals surface area contributed by atoms with Crippen LogP contribution in [0, 0.1) is 11.7 Å². The van der Waals surface area contributed by atoms with Gasteiger partial charge in [0.2, 0.25) is 0 Å². The highest BCUT2D eigenvalue weighted by Crippen LogP contribution is 2.10. The maximum Gasteiger partial charge on any atom is 0.326 e. The lowest BCUT2D eigenvalue weighted by molar-refractivity contribution is -0.142. The summed E-state index contributed by atoms with van der Waals surface area (Å²) in [5, 5.41) is 14.2. The molecule has 2 rings (SSSR count). The summed E-state index contributed by atoms with van der Waals surface area (Å²) in [7, 11) is 0. The van der Waals surface area contributed by atoms with E-state index in [4.69, 9.17) is 0 Å². The largest absolute Gasteiger partial charge is 0.480 e. The lowest BCUT2D eigenvalue weighted by Crippen LogP contribution is -2.47. The van der Waals surface area contributed by atoms with Crippen molar-refractivity contribution in [3.05, 3.63) is 77.2 Å². The Morgan fingerprint density at radius 3 is 2.14 bits per heavy atom. The SMILES string of the molecule is CC(C)[C@@H](NC(=O)/C(=C/c1ccc(F)cc1)NC(=O)c1ccccc1)C(=O)O. The number of benzene rings is 2. The molecule has 2 aromatic rings. The molecule has 28 heavy (non-hydrogen) atoms. The molecule has 0 saturated heterocycles. The molecule has 7 heteroatoms. The van der Waals surface area contributed by atoms with Gasteiger partial charge in [0.15, 0.2) is 0 Å². The second-order valence-electron chi connectivity index (χ2n) is 6.46. The predicted octanol–water partition coefficient (Wildman–Crippen LogP) is 2.82. The van der Waals surface area contributed by atoms with Gasteiger partial charge in [0.1, 0.15) is 17.6 Å². The number of carbonyl (C=O) groups is 3. The topological polar surface area (TPSA) is 95.5 Å². The van der Waals surface area contributed by atoms with Gasteiger partial charge in [0.05, 0.1) is 0 Å². The zero-order valence-corrected chi connectivity index (χ0v) is 15.5. The van der Waals surface area contributed by atoms with Gasteiger partial charge in [0, 0.05) is 5.56 Å². The average molecular weight is 384 g/mol. The lowest BCUT2D eigenvalue weighted by Gasteiger charge is -2.19. The van der Waals surface area contributed by atoms with E-state index in [0.29, 0.717) is 11.1 Å². The summed E-state index contributed by atoms with van der Waals surface area (Å²) in [5.74, 6) is -3.27. The van der Waals surface area contributed by atoms with Crippen LogP contribution in [0.1, 0.15) is 29.8 Å². The predicted molar refractivity (Wildman–Crippen MR) is 103 cm³/mol. The number of hydrogen-bond acceptors (Lipinski definition) is 3. The van der Waals surface area contributed by atoms with Crippen LogP contribution >= 0.6 is 0 Å². The molecule has 0 radical (unpaired) electrons. The molecule has 3 N–H and O–H groups in total. The quantitative estimate of drug-likeness (QED) is 0.640. The van der Waals surface area contributed by atoms with E-state index >= 15 is 0 Å². The monoisotopic (exact) mass is 384 g/mol. The van der Waals surface area contributed by atoms with E-state index in [1.54, 1.807) is 44.2 Å². The van der Waals surface area contributed by atoms with Gasteiger partial charge in [-0.1, -0.05) is 44.2 Å². The Morgan fingerprint density at radius 1 is 1.00 bits per heavy atom. The first kappa shape index (κ1) is 20.8. The normalized spacial score (nSPS) is 12.4. The van der Waals surface area contributed by atoms with Crippen LogP contribution in [0.15, 0.2) is 60.3 Å². The van der Waals surface area contributed by atoms with Gasteiger partial charge >= 0.3 is 5.97 Å². The highest BCUT2D eigenvalue weighted by atomic mass is 19.1. The number of carboxylic acid groups (broad SMARTS) is 1. The van der Waals surface area contributed by atoms with E-state index in [1.807, 2.05) is 0 Å². The van der Waals surface area contributed by atoms with E-state index in [0.717, 1.165) is 0 Å². The fraction of sp³-hybridized carbons (Fsp3) is 0.190. The van der Waals surface area contributed by atoms with Gasteiger partial charge in [-0.3, -0.25) is 9.59 Å². The van der Waals surface area contributed by atoms with Crippen molar-refractivity contribution in [2.75, 3.05) is 0 Å². The third-order valence-electron chi connectivity index (χ3n) is 3.93. The summed E-state index contributed by atoms with van der Waals surface area (Å²) in [5.41, 5.74) is 0.655. The van der Waals surface area contributed by atoms with Crippen LogP contribution in [0.25, 0.3) is 6.08 Å². The zero-order valence-electron chi connectivity index (χ0n) is 15.5. The summed E-state index contributed by atoms with van der Waals surface area (Å²) >= 11 is 0. The van der Waals surface area contributed by atoms with Crippen molar-refractivity contribution < 1.29 is 23.9 Å². The van der Waals surface area contributed by atoms with E-state index in [1.165, 1.54) is 30.3 Å². The Morgan fingerprint density at radius 2 is 1.61 bits per heavy atom. The Balaban J connectivity index is 2.32. The highest BCUT2D eigenvalue weighted by Gasteiger charge is 2.25. The average Bonchev–Trinajstić information content (AvgIpc) is 2.67. The van der Waals surface area contributed by atoms with Crippen LogP contribution in [0.2, 0.25) is 0 Å². The van der Waals surface area contributed by atoms with Crippen molar-refractivity contribution in [2.45, 2.75) is 19.9 Å². The molecule has 0 bridgehead atoms. The number of nitrogens with one attached hydrogen (secondary N) is 2. The highest BCUT2D eigenvalue weighted by molar-refractivity contribution is 6.06. The summed E-state index contributed by atoms with van der Waals surface area (Å²) < 4.78 is 13.1. The second kappa shape index (κ2) is 9.45. The fourth-order valence-corrected chi connectivity index (χ4v) is 2.40. The number of aliphatic carboxylic acids is 1. The number of halogens is 1. The van der Waals surface area contributed by atoms with Gasteiger partial charge < -0.3 is 15.7 Å². The maximum absolute atomic E-state index is 13.1. The Kier molecular flexibility index (Phi) is 7.03. The van der Waals surface area contributed by atoms with Gasteiger partial charge in [0.25, 0.3) is 11.8 Å². The molecule has 0 fully saturated rings. The first-order chi connectivity index (χ1) is 13.3. The van der Waals surface area contributed by atoms with Crippen LogP contribution in [-0.2, 0) is 9.59 Å². The number of amides is 2. The summed E-state index contributed by atoms with van der Waals surface area (Å²) in [4.78, 5) is 36.5. The molecule has 0 aliphatic heterocycles. The molecule has 0 saturated carbocycles. The van der Waals surface area contributed by atoms with Crippen molar-refractivity contribution in [3.63, 3.8) is 0 Å². The minimum atomic E-state index is -1.18. The Bertz CT molecular complexity index is 877. The summed E-state index contributed by atoms with van der Waals surface area (Å²) in [6.45, 7) is 3.32. The van der Waals surface area contributed by atoms with E-state index in [-0.39, 0.29) is 11.6 Å². The Labute approximate surface area is 162 Å². The molecular formula is C21H21FN2O4. The second-order valence-corrected chi connectivity index (χ2v) is 6.46.